The van der Waals surface area contributed by atoms with Gasteiger partial charge in [-0.1, -0.05) is 135 Å². The van der Waals surface area contributed by atoms with E-state index in [0.717, 1.165) is 16.8 Å². The van der Waals surface area contributed by atoms with Crippen LogP contribution in [-0.4, -0.2) is 4.98 Å². The van der Waals surface area contributed by atoms with E-state index in [0.29, 0.717) is 0 Å². The molecule has 0 amide bonds. The van der Waals surface area contributed by atoms with Gasteiger partial charge in [0.2, 0.25) is 0 Å². The van der Waals surface area contributed by atoms with Gasteiger partial charge in [0, 0.05) is 27.1 Å². The van der Waals surface area contributed by atoms with Crippen molar-refractivity contribution >= 4 is 43.2 Å². The van der Waals surface area contributed by atoms with Gasteiger partial charge >= 0.3 is 0 Å². The lowest BCUT2D eigenvalue weighted by Crippen LogP contribution is -2.14. The van der Waals surface area contributed by atoms with E-state index >= 15 is 0 Å². The van der Waals surface area contributed by atoms with Crippen LogP contribution in [0.3, 0.4) is 0 Å². The number of benzene rings is 7. The molecule has 43 heavy (non-hydrogen) atoms. The Morgan fingerprint density at radius 3 is 2.05 bits per heavy atom. The molecule has 1 nitrogen and oxygen atoms in total. The van der Waals surface area contributed by atoms with E-state index in [4.69, 9.17) is 4.98 Å². The molecule has 1 aliphatic carbocycles. The normalized spacial score (nSPS) is 13.5. The van der Waals surface area contributed by atoms with E-state index in [-0.39, 0.29) is 5.41 Å². The predicted molar refractivity (Wildman–Crippen MR) is 183 cm³/mol. The van der Waals surface area contributed by atoms with Gasteiger partial charge in [0.1, 0.15) is 0 Å². The van der Waals surface area contributed by atoms with Crippen LogP contribution in [0.4, 0.5) is 0 Å². The summed E-state index contributed by atoms with van der Waals surface area (Å²) in [7, 11) is 0. The monoisotopic (exact) mass is 547 g/mol. The van der Waals surface area contributed by atoms with Crippen molar-refractivity contribution < 1.29 is 0 Å². The van der Waals surface area contributed by atoms with Crippen LogP contribution < -0.4 is 0 Å². The summed E-state index contributed by atoms with van der Waals surface area (Å²) in [4.78, 5) is 5.34. The van der Waals surface area contributed by atoms with Crippen molar-refractivity contribution in [3.63, 3.8) is 0 Å². The van der Waals surface area contributed by atoms with Crippen molar-refractivity contribution in [2.75, 3.05) is 0 Å². The first kappa shape index (κ1) is 24.3. The summed E-state index contributed by atoms with van der Waals surface area (Å²) >= 11 is 0. The fourth-order valence-electron chi connectivity index (χ4n) is 7.58. The third-order valence-corrected chi connectivity index (χ3v) is 9.62. The van der Waals surface area contributed by atoms with Crippen LogP contribution in [0.1, 0.15) is 25.0 Å². The average Bonchev–Trinajstić information content (AvgIpc) is 3.30. The zero-order valence-corrected chi connectivity index (χ0v) is 24.2. The van der Waals surface area contributed by atoms with Crippen molar-refractivity contribution in [2.24, 2.45) is 0 Å². The molecule has 8 aromatic rings. The molecule has 7 aromatic carbocycles. The Hall–Kier alpha value is -5.27. The van der Waals surface area contributed by atoms with Crippen molar-refractivity contribution in [2.45, 2.75) is 19.3 Å². The molecular formula is C42H29N. The van der Waals surface area contributed by atoms with Crippen LogP contribution >= 0.6 is 0 Å². The molecular weight excluding hydrogens is 518 g/mol. The number of para-hydroxylation sites is 1. The van der Waals surface area contributed by atoms with Crippen molar-refractivity contribution in [1.82, 2.24) is 4.98 Å². The zero-order valence-electron chi connectivity index (χ0n) is 24.2. The van der Waals surface area contributed by atoms with Crippen LogP contribution in [-0.2, 0) is 5.41 Å². The molecule has 0 atom stereocenters. The highest BCUT2D eigenvalue weighted by Gasteiger charge is 2.36. The lowest BCUT2D eigenvalue weighted by Gasteiger charge is -2.22. The first-order chi connectivity index (χ1) is 21.1. The SMILES string of the molecule is CC1(C)c2ccccc2-c2c1ccc1c(-c3cccc(-c4cc5ccccc5c5ccccc45)c3)nc3ccccc3c21. The van der Waals surface area contributed by atoms with Crippen molar-refractivity contribution in [3.05, 3.63) is 151 Å². The fourth-order valence-corrected chi connectivity index (χ4v) is 7.58. The van der Waals surface area contributed by atoms with E-state index in [2.05, 4.69) is 153 Å². The molecule has 0 aliphatic heterocycles. The van der Waals surface area contributed by atoms with E-state index in [1.54, 1.807) is 0 Å². The Bertz CT molecular complexity index is 2430. The summed E-state index contributed by atoms with van der Waals surface area (Å²) in [5.41, 5.74) is 11.1. The van der Waals surface area contributed by atoms with E-state index in [9.17, 15) is 0 Å². The van der Waals surface area contributed by atoms with Crippen molar-refractivity contribution in [3.8, 4) is 33.5 Å². The predicted octanol–water partition coefficient (Wildman–Crippen LogP) is 11.3. The lowest BCUT2D eigenvalue weighted by atomic mass is 9.81. The number of hydrogen-bond acceptors (Lipinski definition) is 1. The van der Waals surface area contributed by atoms with E-state index in [1.165, 1.54) is 71.1 Å². The Kier molecular flexibility index (Phi) is 5.02. The molecule has 0 saturated carbocycles. The average molecular weight is 548 g/mol. The topological polar surface area (TPSA) is 12.9 Å². The second-order valence-electron chi connectivity index (χ2n) is 12.3. The Balaban J connectivity index is 1.34. The molecule has 0 N–H and O–H groups in total. The maximum absolute atomic E-state index is 5.34. The van der Waals surface area contributed by atoms with Gasteiger partial charge in [0.05, 0.1) is 11.2 Å². The minimum atomic E-state index is -0.0539. The third kappa shape index (κ3) is 3.43. The number of fused-ring (bicyclic) bond motifs is 10. The largest absolute Gasteiger partial charge is 0.247 e. The number of rotatable bonds is 2. The minimum Gasteiger partial charge on any atom is -0.247 e. The zero-order chi connectivity index (χ0) is 28.7. The molecule has 1 heterocycles. The molecule has 0 spiro atoms. The first-order valence-corrected chi connectivity index (χ1v) is 15.1. The van der Waals surface area contributed by atoms with Crippen LogP contribution in [0.5, 0.6) is 0 Å². The third-order valence-electron chi connectivity index (χ3n) is 9.62. The summed E-state index contributed by atoms with van der Waals surface area (Å²) in [6.45, 7) is 4.70. The number of aromatic nitrogens is 1. The maximum atomic E-state index is 5.34. The quantitative estimate of drug-likeness (QED) is 0.196. The van der Waals surface area contributed by atoms with Gasteiger partial charge in [0.15, 0.2) is 0 Å². The molecule has 9 rings (SSSR count). The summed E-state index contributed by atoms with van der Waals surface area (Å²) in [5.74, 6) is 0. The van der Waals surface area contributed by atoms with Crippen LogP contribution in [0.25, 0.3) is 76.7 Å². The molecule has 0 radical (unpaired) electrons. The summed E-state index contributed by atoms with van der Waals surface area (Å²) in [6, 6.07) is 51.0. The van der Waals surface area contributed by atoms with Crippen LogP contribution in [0.15, 0.2) is 140 Å². The molecule has 0 saturated heterocycles. The first-order valence-electron chi connectivity index (χ1n) is 15.1. The molecule has 0 unspecified atom stereocenters. The van der Waals surface area contributed by atoms with Gasteiger partial charge in [-0.2, -0.15) is 0 Å². The number of hydrogen-bond donors (Lipinski definition) is 0. The van der Waals surface area contributed by atoms with Crippen LogP contribution in [0.2, 0.25) is 0 Å². The number of nitrogens with zero attached hydrogens (tertiary/aromatic N) is 1. The summed E-state index contributed by atoms with van der Waals surface area (Å²) in [6.07, 6.45) is 0. The molecule has 0 fully saturated rings. The standard InChI is InChI=1S/C42H29N/c1-42(2)36-20-9-7-18-32(36)40-37(42)23-22-34-39(40)33-19-8-10-21-38(33)43-41(34)28-14-11-13-26(24-28)35-25-27-12-3-4-15-29(27)30-16-5-6-17-31(30)35/h3-25H,1-2H3. The molecule has 1 heteroatoms. The highest BCUT2D eigenvalue weighted by Crippen LogP contribution is 2.53. The Morgan fingerprint density at radius 2 is 1.16 bits per heavy atom. The molecule has 0 bridgehead atoms. The number of pyridine rings is 1. The second kappa shape index (κ2) is 8.86. The lowest BCUT2D eigenvalue weighted by molar-refractivity contribution is 0.661. The summed E-state index contributed by atoms with van der Waals surface area (Å²) < 4.78 is 0. The van der Waals surface area contributed by atoms with E-state index < -0.39 is 0 Å². The Morgan fingerprint density at radius 1 is 0.465 bits per heavy atom. The Labute approximate surface area is 251 Å². The molecule has 1 aromatic heterocycles. The van der Waals surface area contributed by atoms with Gasteiger partial charge in [-0.3, -0.25) is 0 Å². The fraction of sp³-hybridized carbons (Fsp3) is 0.0714. The van der Waals surface area contributed by atoms with Crippen molar-refractivity contribution in [1.29, 1.82) is 0 Å². The summed E-state index contributed by atoms with van der Waals surface area (Å²) in [5, 5.41) is 8.81. The smallest absolute Gasteiger partial charge is 0.0788 e. The molecule has 1 aliphatic rings. The van der Waals surface area contributed by atoms with Gasteiger partial charge in [-0.05, 0) is 73.1 Å². The van der Waals surface area contributed by atoms with Crippen LogP contribution in [0, 0.1) is 0 Å². The van der Waals surface area contributed by atoms with Gasteiger partial charge in [-0.15, -0.1) is 0 Å². The van der Waals surface area contributed by atoms with Gasteiger partial charge < -0.3 is 0 Å². The second-order valence-corrected chi connectivity index (χ2v) is 12.3. The maximum Gasteiger partial charge on any atom is 0.0788 e. The van der Waals surface area contributed by atoms with Gasteiger partial charge in [0.25, 0.3) is 0 Å². The van der Waals surface area contributed by atoms with Gasteiger partial charge in [-0.25, -0.2) is 4.98 Å². The highest BCUT2D eigenvalue weighted by molar-refractivity contribution is 6.19. The molecule has 202 valence electrons. The minimum absolute atomic E-state index is 0.0539. The van der Waals surface area contributed by atoms with E-state index in [1.807, 2.05) is 0 Å². The highest BCUT2D eigenvalue weighted by atomic mass is 14.7.